The number of hydrogen-bond acceptors (Lipinski definition) is 5. The molecule has 1 aromatic carbocycles. The standard InChI is InChI=1S/C21H26N6/c1-15-8-17(3)18(9-16(15)2)13-26-6-7-27-20(14-26)10-19(25-27)11-24-21-12-22-4-5-23-21/h4-5,8-10,12H,6-7,11,13-14H2,1-3H3,(H,23,24). The molecule has 27 heavy (non-hydrogen) atoms. The van der Waals surface area contributed by atoms with Crippen LogP contribution in [0.1, 0.15) is 33.6 Å². The summed E-state index contributed by atoms with van der Waals surface area (Å²) in [6, 6.07) is 6.84. The summed E-state index contributed by atoms with van der Waals surface area (Å²) >= 11 is 0. The van der Waals surface area contributed by atoms with Crippen molar-refractivity contribution in [2.75, 3.05) is 11.9 Å². The summed E-state index contributed by atoms with van der Waals surface area (Å²) < 4.78 is 2.14. The van der Waals surface area contributed by atoms with Crippen LogP contribution in [0.4, 0.5) is 5.82 Å². The molecule has 2 aromatic heterocycles. The minimum absolute atomic E-state index is 0.662. The molecule has 3 heterocycles. The zero-order valence-electron chi connectivity index (χ0n) is 16.2. The van der Waals surface area contributed by atoms with E-state index in [1.807, 2.05) is 0 Å². The molecule has 0 radical (unpaired) electrons. The minimum atomic E-state index is 0.662. The Labute approximate surface area is 160 Å². The molecule has 6 heteroatoms. The van der Waals surface area contributed by atoms with Gasteiger partial charge in [-0.1, -0.05) is 12.1 Å². The van der Waals surface area contributed by atoms with E-state index in [-0.39, 0.29) is 0 Å². The lowest BCUT2D eigenvalue weighted by atomic mass is 10.0. The van der Waals surface area contributed by atoms with Gasteiger partial charge in [-0.05, 0) is 49.1 Å². The second-order valence-corrected chi connectivity index (χ2v) is 7.37. The Morgan fingerprint density at radius 2 is 1.85 bits per heavy atom. The highest BCUT2D eigenvalue weighted by Gasteiger charge is 2.19. The normalized spacial score (nSPS) is 14.2. The zero-order valence-corrected chi connectivity index (χ0v) is 16.2. The average molecular weight is 362 g/mol. The predicted molar refractivity (Wildman–Crippen MR) is 106 cm³/mol. The molecule has 0 aliphatic carbocycles. The molecule has 6 nitrogen and oxygen atoms in total. The van der Waals surface area contributed by atoms with Gasteiger partial charge in [0.2, 0.25) is 0 Å². The zero-order chi connectivity index (χ0) is 18.8. The van der Waals surface area contributed by atoms with Gasteiger partial charge >= 0.3 is 0 Å². The summed E-state index contributed by atoms with van der Waals surface area (Å²) in [6.07, 6.45) is 5.09. The third kappa shape index (κ3) is 4.01. The first kappa shape index (κ1) is 17.7. The lowest BCUT2D eigenvalue weighted by molar-refractivity contribution is 0.204. The van der Waals surface area contributed by atoms with Gasteiger partial charge in [0.1, 0.15) is 5.82 Å². The fraction of sp³-hybridized carbons (Fsp3) is 0.381. The SMILES string of the molecule is Cc1cc(C)c(CN2CCn3nc(CNc4cnccn4)cc3C2)cc1C. The number of hydrogen-bond donors (Lipinski definition) is 1. The fourth-order valence-electron chi connectivity index (χ4n) is 3.60. The van der Waals surface area contributed by atoms with Gasteiger partial charge in [-0.3, -0.25) is 14.6 Å². The highest BCUT2D eigenvalue weighted by Crippen LogP contribution is 2.21. The molecule has 1 aliphatic rings. The first-order valence-corrected chi connectivity index (χ1v) is 9.43. The Morgan fingerprint density at radius 3 is 2.67 bits per heavy atom. The van der Waals surface area contributed by atoms with Crippen LogP contribution in [0.5, 0.6) is 0 Å². The molecule has 0 unspecified atom stereocenters. The summed E-state index contributed by atoms with van der Waals surface area (Å²) in [6.45, 7) is 11.1. The van der Waals surface area contributed by atoms with Crippen LogP contribution < -0.4 is 5.32 Å². The maximum atomic E-state index is 4.73. The van der Waals surface area contributed by atoms with Gasteiger partial charge in [-0.15, -0.1) is 0 Å². The van der Waals surface area contributed by atoms with Gasteiger partial charge in [0.15, 0.2) is 0 Å². The van der Waals surface area contributed by atoms with Crippen LogP contribution in [0.3, 0.4) is 0 Å². The molecule has 4 rings (SSSR count). The molecule has 1 aliphatic heterocycles. The average Bonchev–Trinajstić information content (AvgIpc) is 3.07. The Hall–Kier alpha value is -2.73. The van der Waals surface area contributed by atoms with Crippen molar-refractivity contribution in [1.29, 1.82) is 0 Å². The molecule has 140 valence electrons. The third-order valence-electron chi connectivity index (χ3n) is 5.29. The van der Waals surface area contributed by atoms with E-state index in [1.165, 1.54) is 27.9 Å². The fourth-order valence-corrected chi connectivity index (χ4v) is 3.60. The van der Waals surface area contributed by atoms with Crippen molar-refractivity contribution in [3.63, 3.8) is 0 Å². The third-order valence-corrected chi connectivity index (χ3v) is 5.29. The van der Waals surface area contributed by atoms with Gasteiger partial charge < -0.3 is 5.32 Å². The van der Waals surface area contributed by atoms with E-state index in [4.69, 9.17) is 5.10 Å². The van der Waals surface area contributed by atoms with E-state index in [9.17, 15) is 0 Å². The van der Waals surface area contributed by atoms with E-state index in [0.29, 0.717) is 6.54 Å². The van der Waals surface area contributed by atoms with E-state index in [2.05, 4.69) is 63.8 Å². The van der Waals surface area contributed by atoms with Crippen molar-refractivity contribution < 1.29 is 0 Å². The maximum absolute atomic E-state index is 4.73. The van der Waals surface area contributed by atoms with Crippen molar-refractivity contribution in [2.45, 2.75) is 47.0 Å². The number of nitrogens with one attached hydrogen (secondary N) is 1. The van der Waals surface area contributed by atoms with Crippen molar-refractivity contribution in [1.82, 2.24) is 24.6 Å². The van der Waals surface area contributed by atoms with Crippen LogP contribution in [0, 0.1) is 20.8 Å². The van der Waals surface area contributed by atoms with Crippen LogP contribution in [-0.4, -0.2) is 31.2 Å². The number of aryl methyl sites for hydroxylation is 3. The topological polar surface area (TPSA) is 58.9 Å². The van der Waals surface area contributed by atoms with Crippen LogP contribution in [0.25, 0.3) is 0 Å². The summed E-state index contributed by atoms with van der Waals surface area (Å²) in [5.74, 6) is 0.773. The van der Waals surface area contributed by atoms with Crippen molar-refractivity contribution in [2.24, 2.45) is 0 Å². The summed E-state index contributed by atoms with van der Waals surface area (Å²) in [4.78, 5) is 10.8. The Morgan fingerprint density at radius 1 is 1.00 bits per heavy atom. The molecule has 0 spiro atoms. The van der Waals surface area contributed by atoms with Crippen molar-refractivity contribution in [3.8, 4) is 0 Å². The number of nitrogens with zero attached hydrogens (tertiary/aromatic N) is 5. The number of rotatable bonds is 5. The second-order valence-electron chi connectivity index (χ2n) is 7.37. The molecular weight excluding hydrogens is 336 g/mol. The van der Waals surface area contributed by atoms with Gasteiger partial charge in [0, 0.05) is 32.0 Å². The second kappa shape index (κ2) is 7.48. The molecule has 0 fully saturated rings. The van der Waals surface area contributed by atoms with Gasteiger partial charge in [-0.25, -0.2) is 4.98 Å². The molecule has 1 N–H and O–H groups in total. The number of fused-ring (bicyclic) bond motifs is 1. The van der Waals surface area contributed by atoms with Crippen LogP contribution in [-0.2, 0) is 26.2 Å². The van der Waals surface area contributed by atoms with Crippen LogP contribution in [0.15, 0.2) is 36.8 Å². The van der Waals surface area contributed by atoms with Gasteiger partial charge in [0.25, 0.3) is 0 Å². The molecule has 0 saturated heterocycles. The Kier molecular flexibility index (Phi) is 4.90. The number of benzene rings is 1. The monoisotopic (exact) mass is 362 g/mol. The molecule has 0 amide bonds. The lowest BCUT2D eigenvalue weighted by Gasteiger charge is -2.28. The van der Waals surface area contributed by atoms with Crippen LogP contribution in [0.2, 0.25) is 0 Å². The summed E-state index contributed by atoms with van der Waals surface area (Å²) in [5.41, 5.74) is 7.86. The van der Waals surface area contributed by atoms with E-state index in [1.54, 1.807) is 18.6 Å². The van der Waals surface area contributed by atoms with Gasteiger partial charge in [-0.2, -0.15) is 5.10 Å². The van der Waals surface area contributed by atoms with Crippen molar-refractivity contribution in [3.05, 3.63) is 70.4 Å². The van der Waals surface area contributed by atoms with E-state index < -0.39 is 0 Å². The Balaban J connectivity index is 1.41. The van der Waals surface area contributed by atoms with Crippen LogP contribution >= 0.6 is 0 Å². The highest BCUT2D eigenvalue weighted by atomic mass is 15.3. The first-order chi connectivity index (χ1) is 13.1. The summed E-state index contributed by atoms with van der Waals surface area (Å²) in [7, 11) is 0. The van der Waals surface area contributed by atoms with E-state index in [0.717, 1.165) is 37.7 Å². The first-order valence-electron chi connectivity index (χ1n) is 9.43. The summed E-state index contributed by atoms with van der Waals surface area (Å²) in [5, 5.41) is 8.01. The van der Waals surface area contributed by atoms with Crippen molar-refractivity contribution >= 4 is 5.82 Å². The van der Waals surface area contributed by atoms with Gasteiger partial charge in [0.05, 0.1) is 30.7 Å². The maximum Gasteiger partial charge on any atom is 0.144 e. The molecule has 0 bridgehead atoms. The molecule has 0 atom stereocenters. The molecule has 3 aromatic rings. The Bertz CT molecular complexity index is 931. The predicted octanol–water partition coefficient (Wildman–Crippen LogP) is 3.23. The lowest BCUT2D eigenvalue weighted by Crippen LogP contribution is -2.33. The highest BCUT2D eigenvalue weighted by molar-refractivity contribution is 5.36. The minimum Gasteiger partial charge on any atom is -0.363 e. The number of aromatic nitrogens is 4. The quantitative estimate of drug-likeness (QED) is 0.755. The molecule has 0 saturated carbocycles. The largest absolute Gasteiger partial charge is 0.363 e. The smallest absolute Gasteiger partial charge is 0.144 e. The number of anilines is 1. The molecular formula is C21H26N6. The van der Waals surface area contributed by atoms with E-state index >= 15 is 0 Å².